The van der Waals surface area contributed by atoms with Crippen LogP contribution in [0.25, 0.3) is 5.57 Å². The lowest BCUT2D eigenvalue weighted by Crippen LogP contribution is -2.35. The summed E-state index contributed by atoms with van der Waals surface area (Å²) in [5, 5.41) is 10.4. The number of hydrogen-bond acceptors (Lipinski definition) is 6. The van der Waals surface area contributed by atoms with Gasteiger partial charge in [-0.15, -0.1) is 0 Å². The van der Waals surface area contributed by atoms with Crippen molar-refractivity contribution >= 4 is 17.5 Å². The highest BCUT2D eigenvalue weighted by atomic mass is 19.1. The normalized spacial score (nSPS) is 13.6. The SMILES string of the molecule is C=C(C)c1cccc(F)c1N=CCNC1CCOCC1.CO.COc1ccc(C)cn1. The monoisotopic (exact) mass is 431 g/mol. The van der Waals surface area contributed by atoms with Gasteiger partial charge in [0.1, 0.15) is 11.5 Å². The van der Waals surface area contributed by atoms with Crippen molar-refractivity contribution < 1.29 is 19.0 Å². The van der Waals surface area contributed by atoms with Gasteiger partial charge in [-0.05, 0) is 43.9 Å². The number of rotatable bonds is 6. The molecule has 0 atom stereocenters. The minimum absolute atomic E-state index is 0.312. The molecule has 1 fully saturated rings. The van der Waals surface area contributed by atoms with Crippen LogP contribution in [0.4, 0.5) is 10.1 Å². The van der Waals surface area contributed by atoms with Gasteiger partial charge in [-0.1, -0.05) is 24.8 Å². The van der Waals surface area contributed by atoms with E-state index in [1.54, 1.807) is 25.6 Å². The van der Waals surface area contributed by atoms with Crippen LogP contribution in [-0.4, -0.2) is 56.3 Å². The number of aromatic nitrogens is 1. The molecule has 0 unspecified atom stereocenters. The molecule has 0 spiro atoms. The molecule has 0 radical (unpaired) electrons. The molecule has 2 heterocycles. The van der Waals surface area contributed by atoms with Crippen molar-refractivity contribution in [1.82, 2.24) is 10.3 Å². The molecule has 2 aromatic rings. The topological polar surface area (TPSA) is 76.0 Å². The fourth-order valence-corrected chi connectivity index (χ4v) is 2.82. The molecule has 1 aromatic heterocycles. The maximum atomic E-state index is 13.8. The van der Waals surface area contributed by atoms with Gasteiger partial charge < -0.3 is 19.9 Å². The first kappa shape index (κ1) is 26.4. The molecule has 0 saturated carbocycles. The number of pyridine rings is 1. The van der Waals surface area contributed by atoms with Crippen molar-refractivity contribution in [3.8, 4) is 5.88 Å². The van der Waals surface area contributed by atoms with Gasteiger partial charge in [0.2, 0.25) is 5.88 Å². The molecule has 31 heavy (non-hydrogen) atoms. The third-order valence-electron chi connectivity index (χ3n) is 4.48. The lowest BCUT2D eigenvalue weighted by molar-refractivity contribution is 0.0792. The van der Waals surface area contributed by atoms with Gasteiger partial charge in [0.05, 0.1) is 7.11 Å². The van der Waals surface area contributed by atoms with Crippen LogP contribution in [0.5, 0.6) is 5.88 Å². The first-order valence-corrected chi connectivity index (χ1v) is 10.2. The Hall–Kier alpha value is -2.61. The maximum Gasteiger partial charge on any atom is 0.212 e. The largest absolute Gasteiger partial charge is 0.481 e. The quantitative estimate of drug-likeness (QED) is 0.666. The first-order chi connectivity index (χ1) is 15.0. The van der Waals surface area contributed by atoms with Crippen LogP contribution >= 0.6 is 0 Å². The van der Waals surface area contributed by atoms with Crippen molar-refractivity contribution in [2.75, 3.05) is 34.0 Å². The van der Waals surface area contributed by atoms with E-state index in [1.165, 1.54) is 6.07 Å². The Labute approximate surface area is 184 Å². The van der Waals surface area contributed by atoms with E-state index in [4.69, 9.17) is 14.6 Å². The smallest absolute Gasteiger partial charge is 0.212 e. The van der Waals surface area contributed by atoms with Crippen LogP contribution in [-0.2, 0) is 4.74 Å². The van der Waals surface area contributed by atoms with Gasteiger partial charge in [-0.3, -0.25) is 4.99 Å². The number of halogens is 1. The lowest BCUT2D eigenvalue weighted by Gasteiger charge is -2.22. The minimum Gasteiger partial charge on any atom is -0.481 e. The Morgan fingerprint density at radius 3 is 2.61 bits per heavy atom. The second-order valence-corrected chi connectivity index (χ2v) is 6.90. The molecule has 0 amide bonds. The second kappa shape index (κ2) is 15.2. The molecule has 0 aliphatic carbocycles. The average molecular weight is 432 g/mol. The number of nitrogens with zero attached hydrogens (tertiary/aromatic N) is 2. The summed E-state index contributed by atoms with van der Waals surface area (Å²) in [6, 6.07) is 9.21. The van der Waals surface area contributed by atoms with Crippen molar-refractivity contribution in [3.63, 3.8) is 0 Å². The standard InChI is InChI=1S/C16H21FN2O.C7H9NO.CH4O/c1-12(2)14-4-3-5-15(17)16(14)19-9-8-18-13-6-10-20-11-7-13;1-6-3-4-7(9-2)8-5-6;1-2/h3-5,9,13,18H,1,6-8,10-11H2,2H3;3-5H,1-2H3;2H,1H3. The molecule has 2 N–H and O–H groups in total. The van der Waals surface area contributed by atoms with Crippen LogP contribution in [0.15, 0.2) is 48.1 Å². The highest BCUT2D eigenvalue weighted by Crippen LogP contribution is 2.27. The number of allylic oxidation sites excluding steroid dienone is 1. The van der Waals surface area contributed by atoms with Crippen molar-refractivity contribution in [2.45, 2.75) is 32.7 Å². The summed E-state index contributed by atoms with van der Waals surface area (Å²) in [4.78, 5) is 8.23. The maximum absolute atomic E-state index is 13.8. The van der Waals surface area contributed by atoms with E-state index in [-0.39, 0.29) is 5.82 Å². The Morgan fingerprint density at radius 1 is 1.32 bits per heavy atom. The summed E-state index contributed by atoms with van der Waals surface area (Å²) in [6.45, 7) is 9.95. The summed E-state index contributed by atoms with van der Waals surface area (Å²) in [7, 11) is 2.61. The van der Waals surface area contributed by atoms with E-state index in [9.17, 15) is 4.39 Å². The molecule has 170 valence electrons. The summed E-state index contributed by atoms with van der Waals surface area (Å²) in [5.41, 5.74) is 3.09. The molecule has 3 rings (SSSR count). The van der Waals surface area contributed by atoms with Crippen LogP contribution in [0.1, 0.15) is 30.9 Å². The summed E-state index contributed by atoms with van der Waals surface area (Å²) >= 11 is 0. The molecule has 6 nitrogen and oxygen atoms in total. The van der Waals surface area contributed by atoms with Crippen molar-refractivity contribution in [3.05, 3.63) is 60.1 Å². The molecule has 1 aromatic carbocycles. The Morgan fingerprint density at radius 2 is 2.03 bits per heavy atom. The molecule has 1 aliphatic heterocycles. The third-order valence-corrected chi connectivity index (χ3v) is 4.48. The summed E-state index contributed by atoms with van der Waals surface area (Å²) in [6.07, 6.45) is 5.54. The van der Waals surface area contributed by atoms with E-state index >= 15 is 0 Å². The number of para-hydroxylation sites is 1. The van der Waals surface area contributed by atoms with Gasteiger partial charge in [0.15, 0.2) is 0 Å². The number of aliphatic imine (C=N–C) groups is 1. The number of nitrogens with one attached hydrogen (secondary N) is 1. The number of hydrogen-bond donors (Lipinski definition) is 2. The number of ether oxygens (including phenoxy) is 2. The average Bonchev–Trinajstić information content (AvgIpc) is 2.80. The van der Waals surface area contributed by atoms with E-state index in [1.807, 2.05) is 32.0 Å². The van der Waals surface area contributed by atoms with E-state index in [0.717, 1.165) is 49.9 Å². The fourth-order valence-electron chi connectivity index (χ4n) is 2.82. The molecular weight excluding hydrogens is 397 g/mol. The zero-order valence-corrected chi connectivity index (χ0v) is 18.9. The van der Waals surface area contributed by atoms with Crippen LogP contribution in [0.3, 0.4) is 0 Å². The molecular formula is C24H34FN3O3. The van der Waals surface area contributed by atoms with E-state index < -0.39 is 0 Å². The van der Waals surface area contributed by atoms with Gasteiger partial charge in [0.25, 0.3) is 0 Å². The number of aliphatic hydroxyl groups is 1. The van der Waals surface area contributed by atoms with Crippen molar-refractivity contribution in [2.24, 2.45) is 4.99 Å². The third kappa shape index (κ3) is 9.83. The number of benzene rings is 1. The highest BCUT2D eigenvalue weighted by Gasteiger charge is 2.12. The summed E-state index contributed by atoms with van der Waals surface area (Å²) in [5.74, 6) is 0.355. The zero-order chi connectivity index (χ0) is 23.1. The Bertz CT molecular complexity index is 804. The van der Waals surface area contributed by atoms with Gasteiger partial charge >= 0.3 is 0 Å². The molecule has 1 aliphatic rings. The Balaban J connectivity index is 0.000000365. The molecule has 0 bridgehead atoms. The predicted octanol–water partition coefficient (Wildman–Crippen LogP) is 4.34. The zero-order valence-electron chi connectivity index (χ0n) is 18.9. The van der Waals surface area contributed by atoms with Gasteiger partial charge in [0, 0.05) is 57.0 Å². The van der Waals surface area contributed by atoms with Gasteiger partial charge in [-0.2, -0.15) is 0 Å². The fraction of sp³-hybridized carbons (Fsp3) is 0.417. The predicted molar refractivity (Wildman–Crippen MR) is 125 cm³/mol. The molecule has 1 saturated heterocycles. The van der Waals surface area contributed by atoms with Crippen LogP contribution in [0.2, 0.25) is 0 Å². The van der Waals surface area contributed by atoms with E-state index in [2.05, 4.69) is 21.9 Å². The van der Waals surface area contributed by atoms with E-state index in [0.29, 0.717) is 24.2 Å². The summed E-state index contributed by atoms with van der Waals surface area (Å²) < 4.78 is 24.0. The number of aryl methyl sites for hydroxylation is 1. The number of aliphatic hydroxyl groups excluding tert-OH is 1. The van der Waals surface area contributed by atoms with Crippen LogP contribution in [0, 0.1) is 12.7 Å². The molecule has 7 heteroatoms. The number of methoxy groups -OCH3 is 1. The van der Waals surface area contributed by atoms with Crippen LogP contribution < -0.4 is 10.1 Å². The second-order valence-electron chi connectivity index (χ2n) is 6.90. The highest BCUT2D eigenvalue weighted by molar-refractivity contribution is 5.76. The first-order valence-electron chi connectivity index (χ1n) is 10.2. The minimum atomic E-state index is -0.312. The Kier molecular flexibility index (Phi) is 13.0. The lowest BCUT2D eigenvalue weighted by atomic mass is 10.1. The van der Waals surface area contributed by atoms with Gasteiger partial charge in [-0.25, -0.2) is 9.37 Å². The van der Waals surface area contributed by atoms with Crippen molar-refractivity contribution in [1.29, 1.82) is 0 Å².